The van der Waals surface area contributed by atoms with E-state index in [0.717, 1.165) is 32.2 Å². The van der Waals surface area contributed by atoms with Crippen molar-refractivity contribution in [3.63, 3.8) is 0 Å². The summed E-state index contributed by atoms with van der Waals surface area (Å²) in [4.78, 5) is 22.7. The monoisotopic (exact) mass is 463 g/mol. The largest absolute Gasteiger partial charge is 0.398 e. The molecule has 0 bridgehead atoms. The van der Waals surface area contributed by atoms with E-state index in [9.17, 15) is 4.79 Å². The van der Waals surface area contributed by atoms with Crippen LogP contribution < -0.4 is 10.6 Å². The molecule has 0 heterocycles. The van der Waals surface area contributed by atoms with Gasteiger partial charge in [0.2, 0.25) is 0 Å². The van der Waals surface area contributed by atoms with Gasteiger partial charge >= 0.3 is 0 Å². The van der Waals surface area contributed by atoms with Gasteiger partial charge in [-0.05, 0) is 30.8 Å². The fourth-order valence-corrected chi connectivity index (χ4v) is 3.40. The predicted molar refractivity (Wildman–Crippen MR) is 119 cm³/mol. The van der Waals surface area contributed by atoms with Crippen LogP contribution in [0.4, 0.5) is 0 Å². The standard InChI is InChI=1S/C20H23BrN3O3P/c1-12-7-5-9-15(18(24-26-4)20(25)22-3)16(12)11-27-23-13(2)14-8-6-10-17(21)19(14)28/h5-10H,11,28H2,1-4H3,(H,22,25)/b23-13+,24-18+. The molecule has 0 radical (unpaired) electrons. The second-order valence-electron chi connectivity index (χ2n) is 5.95. The second kappa shape index (κ2) is 10.3. The van der Waals surface area contributed by atoms with Gasteiger partial charge in [0.05, 0.1) is 5.71 Å². The summed E-state index contributed by atoms with van der Waals surface area (Å²) >= 11 is 3.51. The van der Waals surface area contributed by atoms with E-state index in [1.807, 2.05) is 50.2 Å². The lowest BCUT2D eigenvalue weighted by Gasteiger charge is -2.13. The maximum Gasteiger partial charge on any atom is 0.273 e. The van der Waals surface area contributed by atoms with Crippen molar-refractivity contribution in [1.82, 2.24) is 5.32 Å². The van der Waals surface area contributed by atoms with E-state index in [4.69, 9.17) is 9.68 Å². The summed E-state index contributed by atoms with van der Waals surface area (Å²) in [5, 5.41) is 11.7. The molecular weight excluding hydrogens is 441 g/mol. The number of nitrogens with one attached hydrogen (secondary N) is 1. The van der Waals surface area contributed by atoms with Crippen LogP contribution in [0.25, 0.3) is 0 Å². The van der Waals surface area contributed by atoms with Crippen molar-refractivity contribution in [1.29, 1.82) is 0 Å². The Labute approximate surface area is 175 Å². The summed E-state index contributed by atoms with van der Waals surface area (Å²) in [6.07, 6.45) is 0. The van der Waals surface area contributed by atoms with Crippen LogP contribution in [0.2, 0.25) is 0 Å². The van der Waals surface area contributed by atoms with Crippen LogP contribution in [-0.2, 0) is 21.1 Å². The first-order valence-corrected chi connectivity index (χ1v) is 9.90. The zero-order valence-electron chi connectivity index (χ0n) is 16.2. The molecule has 148 valence electrons. The average Bonchev–Trinajstić information content (AvgIpc) is 2.68. The molecule has 0 aliphatic heterocycles. The summed E-state index contributed by atoms with van der Waals surface area (Å²) in [5.74, 6) is -0.338. The summed E-state index contributed by atoms with van der Waals surface area (Å²) in [7, 11) is 5.65. The molecule has 2 rings (SSSR count). The Kier molecular flexibility index (Phi) is 8.15. The highest BCUT2D eigenvalue weighted by molar-refractivity contribution is 9.10. The predicted octanol–water partition coefficient (Wildman–Crippen LogP) is 3.30. The molecule has 28 heavy (non-hydrogen) atoms. The third-order valence-electron chi connectivity index (χ3n) is 4.14. The van der Waals surface area contributed by atoms with Crippen LogP contribution in [0.5, 0.6) is 0 Å². The molecule has 2 aromatic carbocycles. The number of carbonyl (C=O) groups excluding carboxylic acids is 1. The minimum absolute atomic E-state index is 0.187. The Hall–Kier alpha value is -2.24. The van der Waals surface area contributed by atoms with E-state index in [2.05, 4.69) is 40.8 Å². The van der Waals surface area contributed by atoms with Crippen LogP contribution in [-0.4, -0.2) is 31.5 Å². The van der Waals surface area contributed by atoms with Crippen LogP contribution >= 0.6 is 25.2 Å². The number of oxime groups is 2. The number of carbonyl (C=O) groups is 1. The van der Waals surface area contributed by atoms with Gasteiger partial charge in [-0.2, -0.15) is 0 Å². The fraction of sp³-hybridized carbons (Fsp3) is 0.250. The van der Waals surface area contributed by atoms with E-state index in [1.165, 1.54) is 7.11 Å². The maximum atomic E-state index is 12.2. The fourth-order valence-electron chi connectivity index (χ4n) is 2.63. The van der Waals surface area contributed by atoms with Gasteiger partial charge in [-0.15, -0.1) is 9.24 Å². The number of halogens is 1. The van der Waals surface area contributed by atoms with E-state index in [-0.39, 0.29) is 18.2 Å². The highest BCUT2D eigenvalue weighted by atomic mass is 79.9. The van der Waals surface area contributed by atoms with E-state index in [1.54, 1.807) is 7.05 Å². The average molecular weight is 464 g/mol. The van der Waals surface area contributed by atoms with Crippen molar-refractivity contribution >= 4 is 47.8 Å². The molecular formula is C20H23BrN3O3P. The smallest absolute Gasteiger partial charge is 0.273 e. The van der Waals surface area contributed by atoms with Gasteiger partial charge in [0.15, 0.2) is 5.71 Å². The summed E-state index contributed by atoms with van der Waals surface area (Å²) in [6, 6.07) is 11.5. The number of amides is 1. The number of likely N-dealkylation sites (N-methyl/N-ethyl adjacent to an activating group) is 1. The van der Waals surface area contributed by atoms with Gasteiger partial charge in [-0.25, -0.2) is 0 Å². The molecule has 8 heteroatoms. The molecule has 1 amide bonds. The number of rotatable bonds is 7. The van der Waals surface area contributed by atoms with Crippen molar-refractivity contribution in [3.8, 4) is 0 Å². The molecule has 1 atom stereocenters. The van der Waals surface area contributed by atoms with E-state index >= 15 is 0 Å². The maximum absolute atomic E-state index is 12.2. The lowest BCUT2D eigenvalue weighted by molar-refractivity contribution is -0.114. The van der Waals surface area contributed by atoms with Crippen molar-refractivity contribution in [2.24, 2.45) is 10.3 Å². The summed E-state index contributed by atoms with van der Waals surface area (Å²) < 4.78 is 0.983. The van der Waals surface area contributed by atoms with Gasteiger partial charge < -0.3 is 15.0 Å². The molecule has 6 nitrogen and oxygen atoms in total. The topological polar surface area (TPSA) is 72.3 Å². The first-order chi connectivity index (χ1) is 13.4. The van der Waals surface area contributed by atoms with Crippen LogP contribution in [0.3, 0.4) is 0 Å². The molecule has 0 aliphatic carbocycles. The molecule has 0 fully saturated rings. The first kappa shape index (κ1) is 22.1. The Morgan fingerprint density at radius 1 is 1.18 bits per heavy atom. The van der Waals surface area contributed by atoms with Crippen LogP contribution in [0, 0.1) is 6.92 Å². The molecule has 0 aliphatic rings. The molecule has 0 saturated carbocycles. The van der Waals surface area contributed by atoms with Crippen molar-refractivity contribution < 1.29 is 14.5 Å². The van der Waals surface area contributed by atoms with Gasteiger partial charge in [0.25, 0.3) is 5.91 Å². The number of hydrogen-bond acceptors (Lipinski definition) is 5. The summed E-state index contributed by atoms with van der Waals surface area (Å²) in [5.41, 5.74) is 4.33. The van der Waals surface area contributed by atoms with Crippen LogP contribution in [0.1, 0.15) is 29.2 Å². The lowest BCUT2D eigenvalue weighted by atomic mass is 9.98. The molecule has 2 aromatic rings. The molecule has 0 aromatic heterocycles. The Bertz CT molecular complexity index is 929. The quantitative estimate of drug-likeness (QED) is 0.389. The molecule has 1 N–H and O–H groups in total. The number of nitrogens with zero attached hydrogens (tertiary/aromatic N) is 2. The number of benzene rings is 2. The Balaban J connectivity index is 2.31. The summed E-state index contributed by atoms with van der Waals surface area (Å²) in [6.45, 7) is 4.03. The van der Waals surface area contributed by atoms with Crippen molar-refractivity contribution in [2.75, 3.05) is 14.2 Å². The Morgan fingerprint density at radius 2 is 1.86 bits per heavy atom. The van der Waals surface area contributed by atoms with Gasteiger partial charge in [-0.3, -0.25) is 4.79 Å². The zero-order valence-corrected chi connectivity index (χ0v) is 19.0. The normalized spacial score (nSPS) is 11.9. The minimum atomic E-state index is -0.338. The Morgan fingerprint density at radius 3 is 2.54 bits per heavy atom. The van der Waals surface area contributed by atoms with E-state index in [0.29, 0.717) is 5.56 Å². The van der Waals surface area contributed by atoms with Gasteiger partial charge in [-0.1, -0.05) is 56.6 Å². The van der Waals surface area contributed by atoms with Crippen LogP contribution in [0.15, 0.2) is 51.2 Å². The molecule has 1 unspecified atom stereocenters. The first-order valence-electron chi connectivity index (χ1n) is 8.53. The zero-order chi connectivity index (χ0) is 20.7. The van der Waals surface area contributed by atoms with Gasteiger partial charge in [0, 0.05) is 28.2 Å². The minimum Gasteiger partial charge on any atom is -0.398 e. The third kappa shape index (κ3) is 5.18. The number of hydrogen-bond donors (Lipinski definition) is 1. The molecule has 0 spiro atoms. The second-order valence-corrected chi connectivity index (χ2v) is 7.39. The highest BCUT2D eigenvalue weighted by Gasteiger charge is 2.19. The van der Waals surface area contributed by atoms with E-state index < -0.39 is 0 Å². The van der Waals surface area contributed by atoms with Crippen molar-refractivity contribution in [2.45, 2.75) is 20.5 Å². The SMILES string of the molecule is CNC(=O)/C(=N/OC)c1cccc(C)c1CO/N=C(\C)c1cccc(Br)c1P. The van der Waals surface area contributed by atoms with Crippen molar-refractivity contribution in [3.05, 3.63) is 63.1 Å². The lowest BCUT2D eigenvalue weighted by Crippen LogP contribution is -2.29. The third-order valence-corrected chi connectivity index (χ3v) is 5.88. The van der Waals surface area contributed by atoms with Gasteiger partial charge in [0.1, 0.15) is 13.7 Å². The molecule has 0 saturated heterocycles. The number of aryl methyl sites for hydroxylation is 1. The highest BCUT2D eigenvalue weighted by Crippen LogP contribution is 2.18.